The fraction of sp³-hybridized carbons (Fsp3) is 0.167. The number of pyridine rings is 1. The Hall–Kier alpha value is -2.13. The van der Waals surface area contributed by atoms with E-state index in [0.29, 0.717) is 5.02 Å². The molecule has 0 aliphatic carbocycles. The van der Waals surface area contributed by atoms with Crippen LogP contribution in [0.25, 0.3) is 10.9 Å². The monoisotopic (exact) mass is 315 g/mol. The van der Waals surface area contributed by atoms with Crippen LogP contribution in [0.5, 0.6) is 0 Å². The Kier molecular flexibility index (Phi) is 4.25. The number of benzene rings is 2. The zero-order chi connectivity index (χ0) is 15.5. The predicted molar refractivity (Wildman–Crippen MR) is 88.8 cm³/mol. The summed E-state index contributed by atoms with van der Waals surface area (Å²) in [5.41, 5.74) is 3.31. The van der Waals surface area contributed by atoms with Crippen LogP contribution >= 0.6 is 11.6 Å². The van der Waals surface area contributed by atoms with Gasteiger partial charge >= 0.3 is 0 Å². The van der Waals surface area contributed by atoms with Gasteiger partial charge in [-0.3, -0.25) is 5.32 Å². The minimum Gasteiger partial charge on any atom is -0.274 e. The third-order valence-electron chi connectivity index (χ3n) is 3.68. The second kappa shape index (κ2) is 6.32. The molecule has 0 amide bonds. The van der Waals surface area contributed by atoms with Gasteiger partial charge in [-0.1, -0.05) is 23.7 Å². The molecule has 0 radical (unpaired) electrons. The van der Waals surface area contributed by atoms with E-state index >= 15 is 0 Å². The lowest BCUT2D eigenvalue weighted by molar-refractivity contribution is -0.327. The Morgan fingerprint density at radius 1 is 1.09 bits per heavy atom. The first-order chi connectivity index (χ1) is 10.6. The molecule has 1 heterocycles. The second-order valence-electron chi connectivity index (χ2n) is 5.36. The molecule has 0 fully saturated rings. The smallest absolute Gasteiger partial charge is 0.272 e. The highest BCUT2D eigenvalue weighted by Gasteiger charge is 2.08. The third-order valence-corrected chi connectivity index (χ3v) is 3.91. The largest absolute Gasteiger partial charge is 0.274 e. The zero-order valence-corrected chi connectivity index (χ0v) is 13.0. The first kappa shape index (κ1) is 14.8. The summed E-state index contributed by atoms with van der Waals surface area (Å²) >= 11 is 6.05. The van der Waals surface area contributed by atoms with Crippen LogP contribution < -0.4 is 10.3 Å². The molecule has 0 saturated heterocycles. The lowest BCUT2D eigenvalue weighted by Crippen LogP contribution is -2.16. The fourth-order valence-corrected chi connectivity index (χ4v) is 2.70. The number of anilines is 1. The maximum atomic E-state index is 12.9. The Morgan fingerprint density at radius 2 is 1.86 bits per heavy atom. The summed E-state index contributed by atoms with van der Waals surface area (Å²) in [6.07, 6.45) is 0.834. The molecule has 0 atom stereocenters. The summed E-state index contributed by atoms with van der Waals surface area (Å²) in [6.45, 7) is 2.85. The number of rotatable bonds is 4. The van der Waals surface area contributed by atoms with E-state index in [4.69, 9.17) is 11.6 Å². The summed E-state index contributed by atoms with van der Waals surface area (Å²) in [5.74, 6) is 0.751. The number of halogens is 2. The average molecular weight is 316 g/mol. The van der Waals surface area contributed by atoms with Crippen molar-refractivity contribution in [2.24, 2.45) is 0 Å². The predicted octanol–water partition coefficient (Wildman–Crippen LogP) is 4.41. The summed E-state index contributed by atoms with van der Waals surface area (Å²) in [6, 6.07) is 14.5. The molecule has 0 bridgehead atoms. The zero-order valence-electron chi connectivity index (χ0n) is 12.3. The van der Waals surface area contributed by atoms with Gasteiger partial charge in [0.15, 0.2) is 0 Å². The maximum absolute atomic E-state index is 12.9. The average Bonchev–Trinajstić information content (AvgIpc) is 2.49. The first-order valence-corrected chi connectivity index (χ1v) is 7.60. The summed E-state index contributed by atoms with van der Waals surface area (Å²) in [7, 11) is 0. The van der Waals surface area contributed by atoms with Gasteiger partial charge in [-0.2, -0.15) is 0 Å². The third kappa shape index (κ3) is 3.37. The van der Waals surface area contributed by atoms with E-state index in [1.807, 2.05) is 30.3 Å². The van der Waals surface area contributed by atoms with Crippen LogP contribution in [0, 0.1) is 12.7 Å². The van der Waals surface area contributed by atoms with Gasteiger partial charge in [0.25, 0.3) is 5.82 Å². The quantitative estimate of drug-likeness (QED) is 0.758. The van der Waals surface area contributed by atoms with Crippen molar-refractivity contribution in [3.8, 4) is 0 Å². The Balaban J connectivity index is 1.72. The summed E-state index contributed by atoms with van der Waals surface area (Å²) in [5, 5.41) is 5.24. The van der Waals surface area contributed by atoms with E-state index in [1.54, 1.807) is 0 Å². The molecule has 1 aromatic heterocycles. The number of H-pyrrole nitrogens is 1. The topological polar surface area (TPSA) is 26.2 Å². The summed E-state index contributed by atoms with van der Waals surface area (Å²) in [4.78, 5) is 3.35. The molecule has 3 rings (SSSR count). The lowest BCUT2D eigenvalue weighted by atomic mass is 10.1. The van der Waals surface area contributed by atoms with Crippen molar-refractivity contribution in [1.82, 2.24) is 0 Å². The van der Waals surface area contributed by atoms with Crippen molar-refractivity contribution in [3.05, 3.63) is 70.5 Å². The van der Waals surface area contributed by atoms with E-state index in [2.05, 4.69) is 23.3 Å². The molecule has 4 heteroatoms. The van der Waals surface area contributed by atoms with Crippen molar-refractivity contribution >= 4 is 28.3 Å². The molecule has 112 valence electrons. The van der Waals surface area contributed by atoms with Gasteiger partial charge in [-0.25, -0.2) is 9.37 Å². The second-order valence-corrected chi connectivity index (χ2v) is 5.80. The number of aryl methyl sites for hydroxylation is 1. The first-order valence-electron chi connectivity index (χ1n) is 7.22. The van der Waals surface area contributed by atoms with Gasteiger partial charge in [0.05, 0.1) is 6.54 Å². The molecular weight excluding hydrogens is 299 g/mol. The number of hydrogen-bond donors (Lipinski definition) is 1. The van der Waals surface area contributed by atoms with Crippen LogP contribution in [0.4, 0.5) is 10.2 Å². The molecule has 0 spiro atoms. The van der Waals surface area contributed by atoms with Gasteiger partial charge in [0.2, 0.25) is 0 Å². The van der Waals surface area contributed by atoms with Crippen LogP contribution in [0.2, 0.25) is 5.02 Å². The molecule has 2 nitrogen and oxygen atoms in total. The van der Waals surface area contributed by atoms with Crippen molar-refractivity contribution in [1.29, 1.82) is 0 Å². The normalized spacial score (nSPS) is 10.9. The van der Waals surface area contributed by atoms with Crippen molar-refractivity contribution in [3.63, 3.8) is 0 Å². The fourth-order valence-electron chi connectivity index (χ4n) is 2.53. The number of hydrogen-bond acceptors (Lipinski definition) is 1. The van der Waals surface area contributed by atoms with Crippen LogP contribution in [0.1, 0.15) is 11.1 Å². The van der Waals surface area contributed by atoms with E-state index in [9.17, 15) is 4.39 Å². The van der Waals surface area contributed by atoms with Gasteiger partial charge in [0.1, 0.15) is 11.3 Å². The Morgan fingerprint density at radius 3 is 2.64 bits per heavy atom. The molecule has 0 aliphatic rings. The number of aromatic nitrogens is 1. The number of fused-ring (bicyclic) bond motifs is 1. The standard InChI is InChI=1S/C18H16ClFN2/c1-12-10-18(22-17-11-14(19)4-7-16(12)17)21-9-8-13-2-5-15(20)6-3-13/h2-7,10-11H,8-9H2,1H3,(H,21,22)/p+1. The van der Waals surface area contributed by atoms with Crippen molar-refractivity contribution in [2.45, 2.75) is 13.3 Å². The molecular formula is C18H17ClFN2+. The molecule has 0 saturated carbocycles. The van der Waals surface area contributed by atoms with Gasteiger partial charge in [0, 0.05) is 29.0 Å². The van der Waals surface area contributed by atoms with E-state index in [-0.39, 0.29) is 5.82 Å². The van der Waals surface area contributed by atoms with Crippen LogP contribution in [-0.2, 0) is 6.42 Å². The van der Waals surface area contributed by atoms with Crippen LogP contribution in [0.15, 0.2) is 48.5 Å². The minimum absolute atomic E-state index is 0.202. The van der Waals surface area contributed by atoms with Crippen LogP contribution in [-0.4, -0.2) is 6.54 Å². The van der Waals surface area contributed by atoms with Crippen molar-refractivity contribution in [2.75, 3.05) is 11.9 Å². The highest BCUT2D eigenvalue weighted by Crippen LogP contribution is 2.20. The Labute approximate surface area is 134 Å². The highest BCUT2D eigenvalue weighted by atomic mass is 35.5. The van der Waals surface area contributed by atoms with Crippen molar-refractivity contribution < 1.29 is 9.37 Å². The molecule has 3 aromatic rings. The lowest BCUT2D eigenvalue weighted by Gasteiger charge is -2.04. The molecule has 2 aromatic carbocycles. The Bertz CT molecular complexity index is 800. The van der Waals surface area contributed by atoms with E-state index < -0.39 is 0 Å². The van der Waals surface area contributed by atoms with Gasteiger partial charge < -0.3 is 0 Å². The van der Waals surface area contributed by atoms with Crippen LogP contribution in [0.3, 0.4) is 0 Å². The minimum atomic E-state index is -0.202. The highest BCUT2D eigenvalue weighted by molar-refractivity contribution is 6.31. The number of aromatic amines is 1. The van der Waals surface area contributed by atoms with E-state index in [1.165, 1.54) is 17.7 Å². The molecule has 0 unspecified atom stereocenters. The number of nitrogens with one attached hydrogen (secondary N) is 2. The maximum Gasteiger partial charge on any atom is 0.272 e. The van der Waals surface area contributed by atoms with Gasteiger partial charge in [-0.15, -0.1) is 0 Å². The summed E-state index contributed by atoms with van der Waals surface area (Å²) < 4.78 is 12.9. The van der Waals surface area contributed by atoms with Gasteiger partial charge in [-0.05, 0) is 42.3 Å². The molecule has 0 aliphatic heterocycles. The SMILES string of the molecule is Cc1cc(NCCc2ccc(F)cc2)[nH+]c2cc(Cl)ccc12. The molecule has 22 heavy (non-hydrogen) atoms. The molecule has 2 N–H and O–H groups in total. The van der Waals surface area contributed by atoms with E-state index in [0.717, 1.165) is 35.2 Å².